The Morgan fingerprint density at radius 3 is 2.68 bits per heavy atom. The van der Waals surface area contributed by atoms with E-state index in [4.69, 9.17) is 4.74 Å². The van der Waals surface area contributed by atoms with E-state index in [0.717, 1.165) is 24.3 Å². The van der Waals surface area contributed by atoms with Gasteiger partial charge in [-0.25, -0.2) is 13.1 Å². The standard InChI is InChI=1S/C18H24N4O4S2/c1-12(2)10-16-21-22-18(27-16)20-17(23)13-5-7-15(8-6-13)28(24,25)19-11-14-4-3-9-26-14/h5-8,12,14,19H,3-4,9-11H2,1-2H3,(H,20,22,23). The Hall–Kier alpha value is -1.88. The van der Waals surface area contributed by atoms with E-state index in [0.29, 0.717) is 23.2 Å². The number of ether oxygens (including phenoxy) is 1. The molecule has 2 heterocycles. The van der Waals surface area contributed by atoms with Crippen LogP contribution in [0.25, 0.3) is 0 Å². The van der Waals surface area contributed by atoms with Gasteiger partial charge >= 0.3 is 0 Å². The van der Waals surface area contributed by atoms with Crippen LogP contribution in [0.1, 0.15) is 42.1 Å². The summed E-state index contributed by atoms with van der Waals surface area (Å²) in [5, 5.41) is 12.0. The molecule has 0 saturated carbocycles. The summed E-state index contributed by atoms with van der Waals surface area (Å²) in [4.78, 5) is 12.5. The average molecular weight is 425 g/mol. The minimum atomic E-state index is -3.64. The third-order valence-electron chi connectivity index (χ3n) is 4.22. The van der Waals surface area contributed by atoms with Crippen molar-refractivity contribution in [1.29, 1.82) is 0 Å². The Labute approximate surface area is 168 Å². The molecule has 1 aliphatic heterocycles. The van der Waals surface area contributed by atoms with Crippen molar-refractivity contribution >= 4 is 32.4 Å². The monoisotopic (exact) mass is 424 g/mol. The summed E-state index contributed by atoms with van der Waals surface area (Å²) >= 11 is 1.34. The molecule has 0 aliphatic carbocycles. The Balaban J connectivity index is 1.59. The largest absolute Gasteiger partial charge is 0.377 e. The number of hydrogen-bond acceptors (Lipinski definition) is 7. The number of sulfonamides is 1. The van der Waals surface area contributed by atoms with Crippen LogP contribution < -0.4 is 10.0 Å². The van der Waals surface area contributed by atoms with Crippen molar-refractivity contribution in [3.63, 3.8) is 0 Å². The quantitative estimate of drug-likeness (QED) is 0.673. The third-order valence-corrected chi connectivity index (χ3v) is 6.52. The molecule has 1 amide bonds. The molecule has 1 unspecified atom stereocenters. The highest BCUT2D eigenvalue weighted by molar-refractivity contribution is 7.89. The highest BCUT2D eigenvalue weighted by Gasteiger charge is 2.20. The maximum absolute atomic E-state index is 12.4. The average Bonchev–Trinajstić information content (AvgIpc) is 3.32. The molecule has 28 heavy (non-hydrogen) atoms. The molecule has 1 saturated heterocycles. The van der Waals surface area contributed by atoms with Gasteiger partial charge in [0.15, 0.2) is 0 Å². The first kappa shape index (κ1) is 20.8. The van der Waals surface area contributed by atoms with E-state index in [-0.39, 0.29) is 23.5 Å². The molecular formula is C18H24N4O4S2. The fourth-order valence-corrected chi connectivity index (χ4v) is 4.80. The summed E-state index contributed by atoms with van der Waals surface area (Å²) in [6.07, 6.45) is 2.53. The minimum Gasteiger partial charge on any atom is -0.377 e. The number of amides is 1. The van der Waals surface area contributed by atoms with Gasteiger partial charge in [-0.3, -0.25) is 10.1 Å². The Morgan fingerprint density at radius 1 is 1.29 bits per heavy atom. The fourth-order valence-electron chi connectivity index (χ4n) is 2.78. The zero-order chi connectivity index (χ0) is 20.1. The predicted octanol–water partition coefficient (Wildman–Crippen LogP) is 2.45. The maximum Gasteiger partial charge on any atom is 0.257 e. The Morgan fingerprint density at radius 2 is 2.04 bits per heavy atom. The van der Waals surface area contributed by atoms with E-state index >= 15 is 0 Å². The van der Waals surface area contributed by atoms with Gasteiger partial charge in [0.2, 0.25) is 15.2 Å². The van der Waals surface area contributed by atoms with E-state index in [2.05, 4.69) is 34.1 Å². The van der Waals surface area contributed by atoms with Crippen molar-refractivity contribution in [2.24, 2.45) is 5.92 Å². The van der Waals surface area contributed by atoms with Crippen molar-refractivity contribution in [3.05, 3.63) is 34.8 Å². The summed E-state index contributed by atoms with van der Waals surface area (Å²) in [6.45, 7) is 5.10. The number of carbonyl (C=O) groups is 1. The summed E-state index contributed by atoms with van der Waals surface area (Å²) in [7, 11) is -3.64. The Kier molecular flexibility index (Phi) is 6.76. The van der Waals surface area contributed by atoms with Crippen LogP contribution >= 0.6 is 11.3 Å². The predicted molar refractivity (Wildman–Crippen MR) is 107 cm³/mol. The normalized spacial score (nSPS) is 17.2. The lowest BCUT2D eigenvalue weighted by molar-refractivity contribution is 0.102. The van der Waals surface area contributed by atoms with Gasteiger partial charge in [-0.1, -0.05) is 25.2 Å². The fraction of sp³-hybridized carbons (Fsp3) is 0.500. The minimum absolute atomic E-state index is 0.0766. The second-order valence-corrected chi connectivity index (χ2v) is 9.89. The number of nitrogens with zero attached hydrogens (tertiary/aromatic N) is 2. The lowest BCUT2D eigenvalue weighted by Crippen LogP contribution is -2.31. The topological polar surface area (TPSA) is 110 Å². The first-order valence-electron chi connectivity index (χ1n) is 9.18. The molecular weight excluding hydrogens is 400 g/mol. The van der Waals surface area contributed by atoms with Gasteiger partial charge in [-0.15, -0.1) is 10.2 Å². The molecule has 152 valence electrons. The van der Waals surface area contributed by atoms with E-state index in [1.54, 1.807) is 0 Å². The van der Waals surface area contributed by atoms with E-state index < -0.39 is 10.0 Å². The first-order valence-corrected chi connectivity index (χ1v) is 11.5. The number of carbonyl (C=O) groups excluding carboxylic acids is 1. The van der Waals surface area contributed by atoms with Gasteiger partial charge in [0, 0.05) is 25.1 Å². The molecule has 10 heteroatoms. The number of rotatable bonds is 8. The first-order chi connectivity index (χ1) is 13.3. The van der Waals surface area contributed by atoms with Crippen molar-refractivity contribution in [2.75, 3.05) is 18.5 Å². The molecule has 1 aliphatic rings. The molecule has 0 spiro atoms. The molecule has 2 N–H and O–H groups in total. The van der Waals surface area contributed by atoms with E-state index in [9.17, 15) is 13.2 Å². The third kappa shape index (κ3) is 5.57. The van der Waals surface area contributed by atoms with Crippen molar-refractivity contribution in [2.45, 2.75) is 44.1 Å². The van der Waals surface area contributed by atoms with Crippen molar-refractivity contribution < 1.29 is 17.9 Å². The van der Waals surface area contributed by atoms with Crippen LogP contribution in [0.4, 0.5) is 5.13 Å². The van der Waals surface area contributed by atoms with Gasteiger partial charge in [-0.05, 0) is 43.0 Å². The van der Waals surface area contributed by atoms with E-state index in [1.807, 2.05) is 0 Å². The molecule has 8 nitrogen and oxygen atoms in total. The van der Waals surface area contributed by atoms with Gasteiger partial charge < -0.3 is 4.74 Å². The van der Waals surface area contributed by atoms with Crippen LogP contribution in [-0.2, 0) is 21.2 Å². The molecule has 1 aromatic heterocycles. The van der Waals surface area contributed by atoms with Crippen LogP contribution in [-0.4, -0.2) is 43.8 Å². The molecule has 0 radical (unpaired) electrons. The van der Waals surface area contributed by atoms with E-state index in [1.165, 1.54) is 35.6 Å². The number of benzene rings is 1. The molecule has 2 aromatic rings. The number of nitrogens with one attached hydrogen (secondary N) is 2. The highest BCUT2D eigenvalue weighted by Crippen LogP contribution is 2.19. The second kappa shape index (κ2) is 9.08. The Bertz CT molecular complexity index is 904. The second-order valence-electron chi connectivity index (χ2n) is 7.06. The van der Waals surface area contributed by atoms with Crippen molar-refractivity contribution in [1.82, 2.24) is 14.9 Å². The SMILES string of the molecule is CC(C)Cc1nnc(NC(=O)c2ccc(S(=O)(=O)NCC3CCCO3)cc2)s1. The van der Waals surface area contributed by atoms with Crippen LogP contribution in [0.15, 0.2) is 29.2 Å². The number of anilines is 1. The van der Waals surface area contributed by atoms with Crippen molar-refractivity contribution in [3.8, 4) is 0 Å². The lowest BCUT2D eigenvalue weighted by atomic mass is 10.1. The molecule has 0 bridgehead atoms. The molecule has 1 aromatic carbocycles. The smallest absolute Gasteiger partial charge is 0.257 e. The van der Waals surface area contributed by atoms with Crippen LogP contribution in [0.5, 0.6) is 0 Å². The summed E-state index contributed by atoms with van der Waals surface area (Å²) in [5.41, 5.74) is 0.346. The van der Waals surface area contributed by atoms with Gasteiger partial charge in [0.25, 0.3) is 5.91 Å². The zero-order valence-electron chi connectivity index (χ0n) is 15.8. The highest BCUT2D eigenvalue weighted by atomic mass is 32.2. The van der Waals surface area contributed by atoms with Gasteiger partial charge in [0.1, 0.15) is 5.01 Å². The molecule has 1 fully saturated rings. The maximum atomic E-state index is 12.4. The van der Waals surface area contributed by atoms with Crippen LogP contribution in [0, 0.1) is 5.92 Å². The summed E-state index contributed by atoms with van der Waals surface area (Å²) < 4.78 is 32.7. The summed E-state index contributed by atoms with van der Waals surface area (Å²) in [5.74, 6) is 0.100. The lowest BCUT2D eigenvalue weighted by Gasteiger charge is -2.11. The summed E-state index contributed by atoms with van der Waals surface area (Å²) in [6, 6.07) is 5.78. The van der Waals surface area contributed by atoms with Crippen LogP contribution in [0.2, 0.25) is 0 Å². The number of aromatic nitrogens is 2. The number of hydrogen-bond donors (Lipinski definition) is 2. The zero-order valence-corrected chi connectivity index (χ0v) is 17.5. The van der Waals surface area contributed by atoms with Gasteiger partial charge in [-0.2, -0.15) is 0 Å². The van der Waals surface area contributed by atoms with Gasteiger partial charge in [0.05, 0.1) is 11.0 Å². The molecule has 1 atom stereocenters. The van der Waals surface area contributed by atoms with Crippen LogP contribution in [0.3, 0.4) is 0 Å². The molecule has 3 rings (SSSR count).